The molecule has 1 atom stereocenters. The second-order valence-electron chi connectivity index (χ2n) is 5.72. The van der Waals surface area contributed by atoms with Crippen LogP contribution in [0.15, 0.2) is 36.4 Å². The fourth-order valence-electron chi connectivity index (χ4n) is 2.73. The molecular formula is C17H17N3O3. The van der Waals surface area contributed by atoms with Gasteiger partial charge in [0.1, 0.15) is 0 Å². The van der Waals surface area contributed by atoms with Crippen LogP contribution in [-0.4, -0.2) is 10.8 Å². The van der Waals surface area contributed by atoms with Gasteiger partial charge in [-0.25, -0.2) is 0 Å². The lowest BCUT2D eigenvalue weighted by atomic mass is 10.0. The molecule has 2 aromatic carbocycles. The van der Waals surface area contributed by atoms with Crippen LogP contribution in [0.25, 0.3) is 0 Å². The molecule has 23 heavy (non-hydrogen) atoms. The van der Waals surface area contributed by atoms with Crippen LogP contribution < -0.4 is 10.6 Å². The highest BCUT2D eigenvalue weighted by Crippen LogP contribution is 2.27. The third kappa shape index (κ3) is 2.88. The largest absolute Gasteiger partial charge is 0.378 e. The summed E-state index contributed by atoms with van der Waals surface area (Å²) in [5, 5.41) is 17.1. The molecule has 118 valence electrons. The van der Waals surface area contributed by atoms with Crippen molar-refractivity contribution < 1.29 is 9.72 Å². The van der Waals surface area contributed by atoms with Gasteiger partial charge in [-0.2, -0.15) is 0 Å². The molecule has 0 saturated carbocycles. The number of carbonyl (C=O) groups is 1. The van der Waals surface area contributed by atoms with Crippen LogP contribution in [0.2, 0.25) is 0 Å². The molecule has 1 amide bonds. The number of nitro groups is 1. The number of benzene rings is 2. The van der Waals surface area contributed by atoms with E-state index in [1.807, 2.05) is 31.2 Å². The van der Waals surface area contributed by atoms with Gasteiger partial charge in [0.05, 0.1) is 4.92 Å². The Morgan fingerprint density at radius 3 is 2.78 bits per heavy atom. The van der Waals surface area contributed by atoms with Crippen molar-refractivity contribution >= 4 is 17.3 Å². The maximum Gasteiger partial charge on any atom is 0.272 e. The van der Waals surface area contributed by atoms with Crippen molar-refractivity contribution in [1.82, 2.24) is 5.32 Å². The normalized spacial score (nSPS) is 14.1. The Labute approximate surface area is 133 Å². The summed E-state index contributed by atoms with van der Waals surface area (Å²) in [7, 11) is 0. The SMILES string of the molecule is Cc1ccc([C@H](C)Nc2ccc3c(c2)C(=O)NC3)cc1[N+](=O)[O-]. The smallest absolute Gasteiger partial charge is 0.272 e. The van der Waals surface area contributed by atoms with Crippen molar-refractivity contribution in [2.75, 3.05) is 5.32 Å². The molecule has 0 bridgehead atoms. The number of aryl methyl sites for hydroxylation is 1. The molecule has 1 heterocycles. The van der Waals surface area contributed by atoms with E-state index in [0.29, 0.717) is 17.7 Å². The average Bonchev–Trinajstić information content (AvgIpc) is 2.88. The summed E-state index contributed by atoms with van der Waals surface area (Å²) in [6.45, 7) is 4.22. The fourth-order valence-corrected chi connectivity index (χ4v) is 2.73. The third-order valence-corrected chi connectivity index (χ3v) is 4.11. The van der Waals surface area contributed by atoms with Crippen molar-refractivity contribution in [2.45, 2.75) is 26.4 Å². The number of hydrogen-bond acceptors (Lipinski definition) is 4. The molecular weight excluding hydrogens is 294 g/mol. The Morgan fingerprint density at radius 2 is 2.04 bits per heavy atom. The minimum atomic E-state index is -0.370. The zero-order valence-corrected chi connectivity index (χ0v) is 12.9. The number of carbonyl (C=O) groups excluding carboxylic acids is 1. The number of nitro benzene ring substituents is 1. The van der Waals surface area contributed by atoms with E-state index in [-0.39, 0.29) is 22.6 Å². The maximum atomic E-state index is 11.7. The lowest BCUT2D eigenvalue weighted by Crippen LogP contribution is -2.12. The van der Waals surface area contributed by atoms with E-state index >= 15 is 0 Å². The monoisotopic (exact) mass is 311 g/mol. The molecule has 0 aromatic heterocycles. The summed E-state index contributed by atoms with van der Waals surface area (Å²) in [6.07, 6.45) is 0. The van der Waals surface area contributed by atoms with Gasteiger partial charge in [-0.15, -0.1) is 0 Å². The van der Waals surface area contributed by atoms with Gasteiger partial charge in [-0.3, -0.25) is 14.9 Å². The van der Waals surface area contributed by atoms with Gasteiger partial charge in [0.15, 0.2) is 0 Å². The van der Waals surface area contributed by atoms with Crippen molar-refractivity contribution in [2.24, 2.45) is 0 Å². The highest BCUT2D eigenvalue weighted by molar-refractivity contribution is 5.99. The minimum absolute atomic E-state index is 0.0673. The van der Waals surface area contributed by atoms with Crippen LogP contribution in [0, 0.1) is 17.0 Å². The van der Waals surface area contributed by atoms with Gasteiger partial charge in [-0.05, 0) is 37.1 Å². The lowest BCUT2D eigenvalue weighted by Gasteiger charge is -2.16. The van der Waals surface area contributed by atoms with Gasteiger partial charge < -0.3 is 10.6 Å². The molecule has 0 unspecified atom stereocenters. The maximum absolute atomic E-state index is 11.7. The van der Waals surface area contributed by atoms with Crippen LogP contribution in [0.4, 0.5) is 11.4 Å². The highest BCUT2D eigenvalue weighted by atomic mass is 16.6. The first-order valence-electron chi connectivity index (χ1n) is 7.38. The molecule has 2 N–H and O–H groups in total. The summed E-state index contributed by atoms with van der Waals surface area (Å²) < 4.78 is 0. The number of nitrogens with one attached hydrogen (secondary N) is 2. The molecule has 1 aliphatic rings. The second-order valence-corrected chi connectivity index (χ2v) is 5.72. The van der Waals surface area contributed by atoms with Crippen LogP contribution in [0.3, 0.4) is 0 Å². The second kappa shape index (κ2) is 5.72. The fraction of sp³-hybridized carbons (Fsp3) is 0.235. The Balaban J connectivity index is 1.84. The van der Waals surface area contributed by atoms with E-state index in [0.717, 1.165) is 16.8 Å². The van der Waals surface area contributed by atoms with Gasteiger partial charge in [0.25, 0.3) is 11.6 Å². The Bertz CT molecular complexity index is 802. The zero-order valence-electron chi connectivity index (χ0n) is 12.9. The molecule has 1 aliphatic heterocycles. The van der Waals surface area contributed by atoms with E-state index in [9.17, 15) is 14.9 Å². The number of rotatable bonds is 4. The van der Waals surface area contributed by atoms with E-state index in [4.69, 9.17) is 0 Å². The average molecular weight is 311 g/mol. The molecule has 0 spiro atoms. The van der Waals surface area contributed by atoms with Gasteiger partial charge in [0.2, 0.25) is 0 Å². The predicted molar refractivity (Wildman–Crippen MR) is 87.5 cm³/mol. The van der Waals surface area contributed by atoms with Crippen molar-refractivity contribution in [3.63, 3.8) is 0 Å². The molecule has 2 aromatic rings. The van der Waals surface area contributed by atoms with E-state index < -0.39 is 0 Å². The van der Waals surface area contributed by atoms with Crippen molar-refractivity contribution in [3.8, 4) is 0 Å². The van der Waals surface area contributed by atoms with Crippen LogP contribution >= 0.6 is 0 Å². The van der Waals surface area contributed by atoms with E-state index in [1.54, 1.807) is 19.1 Å². The summed E-state index contributed by atoms with van der Waals surface area (Å²) in [5.74, 6) is -0.0673. The number of anilines is 1. The van der Waals surface area contributed by atoms with Gasteiger partial charge in [0, 0.05) is 35.5 Å². The standard InChI is InChI=1S/C17H17N3O3/c1-10-3-4-12(7-16(10)20(22)23)11(2)19-14-6-5-13-9-18-17(21)15(13)8-14/h3-8,11,19H,9H2,1-2H3,(H,18,21)/t11-/m0/s1. The topological polar surface area (TPSA) is 84.3 Å². The molecule has 0 radical (unpaired) electrons. The van der Waals surface area contributed by atoms with Gasteiger partial charge >= 0.3 is 0 Å². The Morgan fingerprint density at radius 1 is 1.26 bits per heavy atom. The minimum Gasteiger partial charge on any atom is -0.378 e. The van der Waals surface area contributed by atoms with Gasteiger partial charge in [-0.1, -0.05) is 18.2 Å². The first-order valence-corrected chi connectivity index (χ1v) is 7.38. The summed E-state index contributed by atoms with van der Waals surface area (Å²) in [6, 6.07) is 10.8. The molecule has 0 saturated heterocycles. The molecule has 3 rings (SSSR count). The number of nitrogens with zero attached hydrogens (tertiary/aromatic N) is 1. The molecule has 0 fully saturated rings. The quantitative estimate of drug-likeness (QED) is 0.670. The number of hydrogen-bond donors (Lipinski definition) is 2. The van der Waals surface area contributed by atoms with E-state index in [2.05, 4.69) is 10.6 Å². The summed E-state index contributed by atoms with van der Waals surface area (Å²) in [4.78, 5) is 22.4. The first-order chi connectivity index (χ1) is 11.0. The highest BCUT2D eigenvalue weighted by Gasteiger charge is 2.19. The Kier molecular flexibility index (Phi) is 3.73. The molecule has 0 aliphatic carbocycles. The summed E-state index contributed by atoms with van der Waals surface area (Å²) >= 11 is 0. The van der Waals surface area contributed by atoms with Crippen LogP contribution in [0.5, 0.6) is 0 Å². The summed E-state index contributed by atoms with van der Waals surface area (Å²) in [5.41, 5.74) is 4.06. The van der Waals surface area contributed by atoms with Crippen LogP contribution in [-0.2, 0) is 6.54 Å². The molecule has 6 nitrogen and oxygen atoms in total. The predicted octanol–water partition coefficient (Wildman–Crippen LogP) is 3.32. The molecule has 6 heteroatoms. The lowest BCUT2D eigenvalue weighted by molar-refractivity contribution is -0.385. The van der Waals surface area contributed by atoms with E-state index in [1.165, 1.54) is 0 Å². The first kappa shape index (κ1) is 15.0. The third-order valence-electron chi connectivity index (χ3n) is 4.11. The van der Waals surface area contributed by atoms with Crippen molar-refractivity contribution in [3.05, 3.63) is 68.8 Å². The Hall–Kier alpha value is -2.89. The van der Waals surface area contributed by atoms with Crippen molar-refractivity contribution in [1.29, 1.82) is 0 Å². The van der Waals surface area contributed by atoms with Crippen LogP contribution in [0.1, 0.15) is 40.0 Å². The number of fused-ring (bicyclic) bond motifs is 1. The zero-order chi connectivity index (χ0) is 16.6. The number of amides is 1.